The minimum absolute atomic E-state index is 0.588. The topological polar surface area (TPSA) is 54.0 Å². The first-order valence-electron chi connectivity index (χ1n) is 5.60. The number of hydrogen-bond donors (Lipinski definition) is 0. The van der Waals surface area contributed by atoms with Crippen molar-refractivity contribution < 1.29 is 0 Å². The van der Waals surface area contributed by atoms with Gasteiger partial charge in [0.15, 0.2) is 11.5 Å². The molecule has 0 spiro atoms. The van der Waals surface area contributed by atoms with Crippen LogP contribution in [0.15, 0.2) is 42.6 Å². The number of fused-ring (bicyclic) bond motifs is 1. The number of aromatic nitrogens is 3. The number of aryl methyl sites for hydroxylation is 1. The van der Waals surface area contributed by atoms with Crippen molar-refractivity contribution in [1.29, 1.82) is 5.26 Å². The summed E-state index contributed by atoms with van der Waals surface area (Å²) in [5.74, 6) is 0.787. The van der Waals surface area contributed by atoms with E-state index in [2.05, 4.69) is 16.3 Å². The normalized spacial score (nSPS) is 10.4. The van der Waals surface area contributed by atoms with Crippen molar-refractivity contribution in [3.8, 4) is 17.5 Å². The van der Waals surface area contributed by atoms with E-state index in [4.69, 9.17) is 5.26 Å². The van der Waals surface area contributed by atoms with Crippen LogP contribution in [-0.2, 0) is 0 Å². The number of benzene rings is 1. The molecule has 0 N–H and O–H groups in total. The van der Waals surface area contributed by atoms with Crippen LogP contribution in [0, 0.1) is 18.3 Å². The lowest BCUT2D eigenvalue weighted by atomic mass is 10.1. The van der Waals surface area contributed by atoms with Gasteiger partial charge in [-0.2, -0.15) is 5.26 Å². The second-order valence-electron chi connectivity index (χ2n) is 4.15. The lowest BCUT2D eigenvalue weighted by Gasteiger charge is -2.00. The van der Waals surface area contributed by atoms with E-state index in [0.717, 1.165) is 11.4 Å². The Bertz CT molecular complexity index is 748. The SMILES string of the molecule is Cc1ccc(-c2nnc3cc(C#N)ccn23)cc1. The highest BCUT2D eigenvalue weighted by Crippen LogP contribution is 2.19. The molecule has 2 heterocycles. The summed E-state index contributed by atoms with van der Waals surface area (Å²) >= 11 is 0. The molecule has 2 aromatic heterocycles. The minimum atomic E-state index is 0.588. The van der Waals surface area contributed by atoms with Gasteiger partial charge in [0.05, 0.1) is 11.6 Å². The van der Waals surface area contributed by atoms with E-state index in [1.807, 2.05) is 41.8 Å². The molecule has 0 fully saturated rings. The largest absolute Gasteiger partial charge is 0.282 e. The van der Waals surface area contributed by atoms with Crippen molar-refractivity contribution >= 4 is 5.65 Å². The third kappa shape index (κ3) is 1.62. The summed E-state index contributed by atoms with van der Waals surface area (Å²) in [6, 6.07) is 13.7. The van der Waals surface area contributed by atoms with Crippen molar-refractivity contribution in [1.82, 2.24) is 14.6 Å². The fourth-order valence-corrected chi connectivity index (χ4v) is 1.86. The fraction of sp³-hybridized carbons (Fsp3) is 0.0714. The molecule has 0 aliphatic rings. The Morgan fingerprint density at radius 1 is 1.11 bits per heavy atom. The number of rotatable bonds is 1. The summed E-state index contributed by atoms with van der Waals surface area (Å²) in [6.45, 7) is 2.05. The number of pyridine rings is 1. The molecule has 4 heteroatoms. The zero-order chi connectivity index (χ0) is 12.5. The third-order valence-electron chi connectivity index (χ3n) is 2.85. The quantitative estimate of drug-likeness (QED) is 0.650. The molecule has 18 heavy (non-hydrogen) atoms. The highest BCUT2D eigenvalue weighted by Gasteiger charge is 2.07. The Hall–Kier alpha value is -2.67. The zero-order valence-electron chi connectivity index (χ0n) is 9.83. The van der Waals surface area contributed by atoms with Gasteiger partial charge in [-0.25, -0.2) is 0 Å². The van der Waals surface area contributed by atoms with E-state index in [1.165, 1.54) is 5.56 Å². The molecule has 3 aromatic rings. The van der Waals surface area contributed by atoms with Crippen molar-refractivity contribution in [2.45, 2.75) is 6.92 Å². The van der Waals surface area contributed by atoms with Crippen molar-refractivity contribution in [2.75, 3.05) is 0 Å². The Balaban J connectivity index is 2.19. The van der Waals surface area contributed by atoms with Crippen LogP contribution in [0.4, 0.5) is 0 Å². The molecule has 0 saturated heterocycles. The van der Waals surface area contributed by atoms with E-state index >= 15 is 0 Å². The Kier molecular flexibility index (Phi) is 2.31. The van der Waals surface area contributed by atoms with Crippen LogP contribution in [0.2, 0.25) is 0 Å². The molecular formula is C14H10N4. The minimum Gasteiger partial charge on any atom is -0.282 e. The molecule has 1 aromatic carbocycles. The summed E-state index contributed by atoms with van der Waals surface area (Å²) in [6.07, 6.45) is 1.82. The van der Waals surface area contributed by atoms with E-state index in [-0.39, 0.29) is 0 Å². The molecule has 0 aliphatic carbocycles. The Morgan fingerprint density at radius 3 is 2.61 bits per heavy atom. The van der Waals surface area contributed by atoms with Crippen LogP contribution < -0.4 is 0 Å². The lowest BCUT2D eigenvalue weighted by Crippen LogP contribution is -1.89. The second-order valence-corrected chi connectivity index (χ2v) is 4.15. The maximum Gasteiger partial charge on any atom is 0.168 e. The molecule has 4 nitrogen and oxygen atoms in total. The summed E-state index contributed by atoms with van der Waals surface area (Å²) in [5, 5.41) is 17.1. The molecule has 0 radical (unpaired) electrons. The predicted molar refractivity (Wildman–Crippen MR) is 67.9 cm³/mol. The van der Waals surface area contributed by atoms with E-state index in [1.54, 1.807) is 12.1 Å². The number of hydrogen-bond acceptors (Lipinski definition) is 3. The van der Waals surface area contributed by atoms with Crippen molar-refractivity contribution in [3.63, 3.8) is 0 Å². The number of nitriles is 1. The standard InChI is InChI=1S/C14H10N4/c1-10-2-4-12(5-3-10)14-17-16-13-8-11(9-15)6-7-18(13)14/h2-8H,1H3. The van der Waals surface area contributed by atoms with Gasteiger partial charge < -0.3 is 0 Å². The van der Waals surface area contributed by atoms with Gasteiger partial charge in [0.1, 0.15) is 0 Å². The molecule has 0 saturated carbocycles. The molecule has 0 bridgehead atoms. The maximum atomic E-state index is 8.84. The predicted octanol–water partition coefficient (Wildman–Crippen LogP) is 2.58. The Labute approximate surface area is 104 Å². The molecule has 3 rings (SSSR count). The summed E-state index contributed by atoms with van der Waals surface area (Å²) in [5.41, 5.74) is 3.49. The van der Waals surface area contributed by atoms with Gasteiger partial charge in [0, 0.05) is 17.8 Å². The van der Waals surface area contributed by atoms with Crippen LogP contribution >= 0.6 is 0 Å². The highest BCUT2D eigenvalue weighted by atomic mass is 15.2. The fourth-order valence-electron chi connectivity index (χ4n) is 1.86. The lowest BCUT2D eigenvalue weighted by molar-refractivity contribution is 1.11. The van der Waals surface area contributed by atoms with Crippen LogP contribution in [-0.4, -0.2) is 14.6 Å². The monoisotopic (exact) mass is 234 g/mol. The number of nitrogens with zero attached hydrogens (tertiary/aromatic N) is 4. The van der Waals surface area contributed by atoms with Gasteiger partial charge in [0.2, 0.25) is 0 Å². The first-order chi connectivity index (χ1) is 8.78. The van der Waals surface area contributed by atoms with Gasteiger partial charge in [-0.15, -0.1) is 10.2 Å². The second kappa shape index (κ2) is 3.97. The average Bonchev–Trinajstić information content (AvgIpc) is 2.82. The summed E-state index contributed by atoms with van der Waals surface area (Å²) in [7, 11) is 0. The van der Waals surface area contributed by atoms with Gasteiger partial charge in [-0.05, 0) is 13.0 Å². The first-order valence-corrected chi connectivity index (χ1v) is 5.60. The van der Waals surface area contributed by atoms with Crippen LogP contribution in [0.3, 0.4) is 0 Å². The third-order valence-corrected chi connectivity index (χ3v) is 2.85. The molecule has 86 valence electrons. The molecular weight excluding hydrogens is 224 g/mol. The van der Waals surface area contributed by atoms with Crippen LogP contribution in [0.1, 0.15) is 11.1 Å². The molecule has 0 atom stereocenters. The first kappa shape index (κ1) is 10.5. The van der Waals surface area contributed by atoms with Gasteiger partial charge in [-0.3, -0.25) is 4.40 Å². The van der Waals surface area contributed by atoms with E-state index in [9.17, 15) is 0 Å². The zero-order valence-corrected chi connectivity index (χ0v) is 9.83. The molecule has 0 unspecified atom stereocenters. The average molecular weight is 234 g/mol. The van der Waals surface area contributed by atoms with Crippen molar-refractivity contribution in [3.05, 3.63) is 53.7 Å². The van der Waals surface area contributed by atoms with Crippen LogP contribution in [0.25, 0.3) is 17.0 Å². The van der Waals surface area contributed by atoms with Gasteiger partial charge in [-0.1, -0.05) is 29.8 Å². The summed E-state index contributed by atoms with van der Waals surface area (Å²) in [4.78, 5) is 0. The molecule has 0 amide bonds. The van der Waals surface area contributed by atoms with Crippen LogP contribution in [0.5, 0.6) is 0 Å². The molecule has 0 aliphatic heterocycles. The Morgan fingerprint density at radius 2 is 1.89 bits per heavy atom. The van der Waals surface area contributed by atoms with E-state index in [0.29, 0.717) is 11.2 Å². The highest BCUT2D eigenvalue weighted by molar-refractivity contribution is 5.60. The van der Waals surface area contributed by atoms with E-state index < -0.39 is 0 Å². The van der Waals surface area contributed by atoms with Gasteiger partial charge >= 0.3 is 0 Å². The summed E-state index contributed by atoms with van der Waals surface area (Å²) < 4.78 is 1.88. The maximum absolute atomic E-state index is 8.84. The van der Waals surface area contributed by atoms with Crippen molar-refractivity contribution in [2.24, 2.45) is 0 Å². The van der Waals surface area contributed by atoms with Gasteiger partial charge in [0.25, 0.3) is 0 Å². The smallest absolute Gasteiger partial charge is 0.168 e.